The standard InChI is InChI=1S/C19H32NO2/c1-3-5-6-7-8-10-14-18(13-4-2)22-19(21)17-20-15-11-9-12-16-20/h9,11-12,15-16,18H,3-8,10,13-14,17H2,1-2H3/q+1. The maximum absolute atomic E-state index is 12.0. The number of rotatable bonds is 12. The fraction of sp³-hybridized carbons (Fsp3) is 0.684. The van der Waals surface area contributed by atoms with E-state index in [0.29, 0.717) is 6.54 Å². The summed E-state index contributed by atoms with van der Waals surface area (Å²) in [5.41, 5.74) is 0. The summed E-state index contributed by atoms with van der Waals surface area (Å²) in [6.07, 6.45) is 14.6. The number of aromatic nitrogens is 1. The molecule has 0 aliphatic carbocycles. The predicted molar refractivity (Wildman–Crippen MR) is 89.4 cm³/mol. The predicted octanol–water partition coefficient (Wildman–Crippen LogP) is 4.44. The van der Waals surface area contributed by atoms with Crippen molar-refractivity contribution < 1.29 is 14.1 Å². The van der Waals surface area contributed by atoms with Crippen molar-refractivity contribution in [2.24, 2.45) is 0 Å². The van der Waals surface area contributed by atoms with Crippen molar-refractivity contribution >= 4 is 5.97 Å². The molecule has 3 nitrogen and oxygen atoms in total. The van der Waals surface area contributed by atoms with Crippen LogP contribution in [0.5, 0.6) is 0 Å². The molecule has 1 aromatic heterocycles. The Balaban J connectivity index is 2.25. The lowest BCUT2D eigenvalue weighted by atomic mass is 10.0. The first-order valence-corrected chi connectivity index (χ1v) is 8.89. The van der Waals surface area contributed by atoms with Crippen molar-refractivity contribution in [1.29, 1.82) is 0 Å². The number of carbonyl (C=O) groups excluding carboxylic acids is 1. The summed E-state index contributed by atoms with van der Waals surface area (Å²) >= 11 is 0. The molecule has 0 aliphatic heterocycles. The van der Waals surface area contributed by atoms with E-state index in [0.717, 1.165) is 19.3 Å². The van der Waals surface area contributed by atoms with Crippen LogP contribution in [0.3, 0.4) is 0 Å². The van der Waals surface area contributed by atoms with Crippen LogP contribution in [0.2, 0.25) is 0 Å². The van der Waals surface area contributed by atoms with Gasteiger partial charge in [0, 0.05) is 12.1 Å². The number of unbranched alkanes of at least 4 members (excludes halogenated alkanes) is 5. The molecular formula is C19H32NO2+. The topological polar surface area (TPSA) is 30.2 Å². The minimum Gasteiger partial charge on any atom is -0.458 e. The van der Waals surface area contributed by atoms with Gasteiger partial charge in [-0.1, -0.05) is 58.4 Å². The second-order valence-corrected chi connectivity index (χ2v) is 6.00. The third-order valence-electron chi connectivity index (χ3n) is 3.88. The molecule has 0 fully saturated rings. The summed E-state index contributed by atoms with van der Waals surface area (Å²) in [4.78, 5) is 12.0. The average Bonchev–Trinajstić information content (AvgIpc) is 2.51. The number of esters is 1. The number of hydrogen-bond acceptors (Lipinski definition) is 2. The van der Waals surface area contributed by atoms with Gasteiger partial charge in [0.1, 0.15) is 6.10 Å². The highest BCUT2D eigenvalue weighted by molar-refractivity contribution is 5.67. The van der Waals surface area contributed by atoms with Gasteiger partial charge in [0.25, 0.3) is 0 Å². The molecule has 0 aliphatic rings. The van der Waals surface area contributed by atoms with Crippen LogP contribution in [0, 0.1) is 0 Å². The van der Waals surface area contributed by atoms with Crippen molar-refractivity contribution in [3.05, 3.63) is 30.6 Å². The zero-order valence-electron chi connectivity index (χ0n) is 14.3. The third-order valence-corrected chi connectivity index (χ3v) is 3.88. The van der Waals surface area contributed by atoms with Crippen molar-refractivity contribution in [3.63, 3.8) is 0 Å². The Morgan fingerprint density at radius 2 is 1.59 bits per heavy atom. The van der Waals surface area contributed by atoms with Crippen molar-refractivity contribution in [1.82, 2.24) is 0 Å². The summed E-state index contributed by atoms with van der Waals surface area (Å²) in [5.74, 6) is -0.124. The van der Waals surface area contributed by atoms with Gasteiger partial charge in [0.15, 0.2) is 12.4 Å². The van der Waals surface area contributed by atoms with Gasteiger partial charge >= 0.3 is 5.97 Å². The van der Waals surface area contributed by atoms with Crippen LogP contribution in [0.1, 0.15) is 71.6 Å². The maximum atomic E-state index is 12.0. The highest BCUT2D eigenvalue weighted by Gasteiger charge is 2.16. The smallest absolute Gasteiger partial charge is 0.372 e. The highest BCUT2D eigenvalue weighted by atomic mass is 16.5. The lowest BCUT2D eigenvalue weighted by Gasteiger charge is -2.16. The van der Waals surface area contributed by atoms with Crippen LogP contribution in [0.25, 0.3) is 0 Å². The Morgan fingerprint density at radius 1 is 0.909 bits per heavy atom. The molecule has 1 aromatic rings. The number of hydrogen-bond donors (Lipinski definition) is 0. The van der Waals surface area contributed by atoms with Crippen molar-refractivity contribution in [2.75, 3.05) is 0 Å². The van der Waals surface area contributed by atoms with E-state index in [9.17, 15) is 4.79 Å². The third kappa shape index (κ3) is 8.81. The van der Waals surface area contributed by atoms with Gasteiger partial charge in [-0.15, -0.1) is 0 Å². The van der Waals surface area contributed by atoms with E-state index in [-0.39, 0.29) is 12.1 Å². The molecule has 22 heavy (non-hydrogen) atoms. The molecule has 0 N–H and O–H groups in total. The van der Waals surface area contributed by atoms with Gasteiger partial charge in [-0.05, 0) is 19.3 Å². The van der Waals surface area contributed by atoms with E-state index in [4.69, 9.17) is 4.74 Å². The minimum absolute atomic E-state index is 0.0907. The largest absolute Gasteiger partial charge is 0.458 e. The zero-order chi connectivity index (χ0) is 16.0. The summed E-state index contributed by atoms with van der Waals surface area (Å²) in [6.45, 7) is 4.69. The second kappa shape index (κ2) is 12.2. The molecule has 0 saturated heterocycles. The molecule has 1 atom stereocenters. The number of ether oxygens (including phenoxy) is 1. The minimum atomic E-state index is -0.124. The van der Waals surface area contributed by atoms with Gasteiger partial charge in [-0.2, -0.15) is 4.57 Å². The molecule has 0 amide bonds. The van der Waals surface area contributed by atoms with E-state index in [2.05, 4.69) is 13.8 Å². The lowest BCUT2D eigenvalue weighted by molar-refractivity contribution is -0.686. The van der Waals surface area contributed by atoms with Crippen LogP contribution >= 0.6 is 0 Å². The van der Waals surface area contributed by atoms with Crippen LogP contribution in [0.15, 0.2) is 30.6 Å². The molecule has 3 heteroatoms. The summed E-state index contributed by atoms with van der Waals surface area (Å²) < 4.78 is 7.52. The Bertz CT molecular complexity index is 392. The second-order valence-electron chi connectivity index (χ2n) is 6.00. The first kappa shape index (κ1) is 18.7. The SMILES string of the molecule is CCCCCCCCC(CCC)OC(=O)C[n+]1ccccc1. The Kier molecular flexibility index (Phi) is 10.3. The van der Waals surface area contributed by atoms with E-state index >= 15 is 0 Å². The maximum Gasteiger partial charge on any atom is 0.372 e. The summed E-state index contributed by atoms with van der Waals surface area (Å²) in [5, 5.41) is 0. The zero-order valence-corrected chi connectivity index (χ0v) is 14.3. The molecule has 0 spiro atoms. The first-order valence-electron chi connectivity index (χ1n) is 8.89. The van der Waals surface area contributed by atoms with Gasteiger partial charge in [0.05, 0.1) is 0 Å². The quantitative estimate of drug-likeness (QED) is 0.325. The molecule has 1 rings (SSSR count). The van der Waals surface area contributed by atoms with E-state index in [1.54, 1.807) is 0 Å². The molecule has 1 heterocycles. The van der Waals surface area contributed by atoms with Crippen molar-refractivity contribution in [2.45, 2.75) is 84.3 Å². The summed E-state index contributed by atoms with van der Waals surface area (Å²) in [7, 11) is 0. The van der Waals surface area contributed by atoms with E-state index in [1.807, 2.05) is 35.2 Å². The number of pyridine rings is 1. The molecule has 1 unspecified atom stereocenters. The van der Waals surface area contributed by atoms with Gasteiger partial charge < -0.3 is 4.74 Å². The molecule has 0 radical (unpaired) electrons. The Morgan fingerprint density at radius 3 is 2.27 bits per heavy atom. The van der Waals surface area contributed by atoms with Crippen molar-refractivity contribution in [3.8, 4) is 0 Å². The van der Waals surface area contributed by atoms with Crippen LogP contribution in [-0.4, -0.2) is 12.1 Å². The van der Waals surface area contributed by atoms with Crippen LogP contribution < -0.4 is 4.57 Å². The summed E-state index contributed by atoms with van der Waals surface area (Å²) in [6, 6.07) is 5.79. The van der Waals surface area contributed by atoms with Crippen LogP contribution in [0.4, 0.5) is 0 Å². The van der Waals surface area contributed by atoms with Gasteiger partial charge in [0.2, 0.25) is 6.54 Å². The van der Waals surface area contributed by atoms with E-state index in [1.165, 1.54) is 38.5 Å². The normalized spacial score (nSPS) is 12.1. The molecule has 0 saturated carbocycles. The molecular weight excluding hydrogens is 274 g/mol. The Hall–Kier alpha value is -1.38. The molecule has 0 bridgehead atoms. The fourth-order valence-corrected chi connectivity index (χ4v) is 2.65. The number of nitrogens with zero attached hydrogens (tertiary/aromatic N) is 1. The monoisotopic (exact) mass is 306 g/mol. The van der Waals surface area contributed by atoms with Gasteiger partial charge in [-0.3, -0.25) is 0 Å². The molecule has 0 aromatic carbocycles. The highest BCUT2D eigenvalue weighted by Crippen LogP contribution is 2.14. The lowest BCUT2D eigenvalue weighted by Crippen LogP contribution is -2.38. The van der Waals surface area contributed by atoms with E-state index < -0.39 is 0 Å². The number of carbonyl (C=O) groups is 1. The first-order chi connectivity index (χ1) is 10.8. The van der Waals surface area contributed by atoms with Gasteiger partial charge in [-0.25, -0.2) is 4.79 Å². The Labute approximate surface area is 135 Å². The van der Waals surface area contributed by atoms with Crippen LogP contribution in [-0.2, 0) is 16.1 Å². The fourth-order valence-electron chi connectivity index (χ4n) is 2.65. The average molecular weight is 306 g/mol. The molecule has 124 valence electrons.